The number of oxazole rings is 1. The number of para-hydroxylation sites is 1. The van der Waals surface area contributed by atoms with Crippen LogP contribution in [-0.2, 0) is 22.0 Å². The van der Waals surface area contributed by atoms with Gasteiger partial charge in [0.15, 0.2) is 27.3 Å². The number of aryl methyl sites for hydroxylation is 3. The Balaban J connectivity index is 1.75. The zero-order valence-electron chi connectivity index (χ0n) is 18.7. The van der Waals surface area contributed by atoms with Gasteiger partial charge in [-0.05, 0) is 31.2 Å². The Morgan fingerprint density at radius 3 is 2.33 bits per heavy atom. The fourth-order valence-corrected chi connectivity index (χ4v) is 4.82. The second kappa shape index (κ2) is 9.10. The van der Waals surface area contributed by atoms with Crippen LogP contribution in [0.3, 0.4) is 0 Å². The van der Waals surface area contributed by atoms with Gasteiger partial charge in [0.1, 0.15) is 28.7 Å². The van der Waals surface area contributed by atoms with Gasteiger partial charge in [-0.25, -0.2) is 13.4 Å². The molecule has 1 aromatic carbocycles. The van der Waals surface area contributed by atoms with Crippen molar-refractivity contribution in [2.24, 2.45) is 0 Å². The lowest BCUT2D eigenvalue weighted by Gasteiger charge is -2.16. The molecular formula is C22H24N4O6S. The van der Waals surface area contributed by atoms with E-state index in [0.29, 0.717) is 46.1 Å². The molecule has 3 heterocycles. The van der Waals surface area contributed by atoms with Crippen LogP contribution < -0.4 is 9.47 Å². The third-order valence-corrected chi connectivity index (χ3v) is 6.62. The fourth-order valence-electron chi connectivity index (χ4n) is 3.59. The second-order valence-corrected chi connectivity index (χ2v) is 9.53. The number of aromatic nitrogens is 4. The van der Waals surface area contributed by atoms with E-state index < -0.39 is 9.84 Å². The number of sulfone groups is 1. The van der Waals surface area contributed by atoms with E-state index >= 15 is 0 Å². The maximum Gasteiger partial charge on any atom is 0.204 e. The fraction of sp³-hybridized carbons (Fsp3) is 0.318. The first-order chi connectivity index (χ1) is 15.8. The summed E-state index contributed by atoms with van der Waals surface area (Å²) < 4.78 is 49.7. The number of hydrogen-bond acceptors (Lipinski definition) is 9. The number of rotatable bonds is 9. The summed E-state index contributed by atoms with van der Waals surface area (Å²) in [5.41, 5.74) is 1.10. The van der Waals surface area contributed by atoms with Crippen molar-refractivity contribution in [1.82, 2.24) is 19.7 Å². The monoisotopic (exact) mass is 472 g/mol. The van der Waals surface area contributed by atoms with Gasteiger partial charge < -0.3 is 18.3 Å². The Hall–Kier alpha value is -3.60. The third kappa shape index (κ3) is 4.63. The molecule has 11 heteroatoms. The lowest BCUT2D eigenvalue weighted by atomic mass is 10.2. The third-order valence-electron chi connectivity index (χ3n) is 5.10. The molecule has 0 radical (unpaired) electrons. The van der Waals surface area contributed by atoms with Crippen LogP contribution in [0, 0.1) is 13.8 Å². The number of furan rings is 1. The summed E-state index contributed by atoms with van der Waals surface area (Å²) in [5.74, 6) is 2.55. The molecule has 0 aliphatic heterocycles. The van der Waals surface area contributed by atoms with Crippen LogP contribution in [0.15, 0.2) is 45.4 Å². The molecule has 0 fully saturated rings. The van der Waals surface area contributed by atoms with Crippen molar-refractivity contribution < 1.29 is 26.7 Å². The van der Waals surface area contributed by atoms with Crippen LogP contribution in [0.4, 0.5) is 0 Å². The summed E-state index contributed by atoms with van der Waals surface area (Å²) in [6, 6.07) is 8.70. The number of benzene rings is 1. The highest BCUT2D eigenvalue weighted by Gasteiger charge is 2.27. The minimum Gasteiger partial charge on any atom is -0.494 e. The van der Waals surface area contributed by atoms with Gasteiger partial charge >= 0.3 is 0 Å². The van der Waals surface area contributed by atoms with E-state index in [-0.39, 0.29) is 23.8 Å². The zero-order chi connectivity index (χ0) is 23.6. The van der Waals surface area contributed by atoms with E-state index in [0.717, 1.165) is 0 Å². The normalized spacial score (nSPS) is 11.6. The van der Waals surface area contributed by atoms with Gasteiger partial charge in [-0.2, -0.15) is 0 Å². The first-order valence-corrected chi connectivity index (χ1v) is 12.0. The molecule has 0 N–H and O–H groups in total. The predicted octanol–water partition coefficient (Wildman–Crippen LogP) is 3.31. The van der Waals surface area contributed by atoms with Gasteiger partial charge in [0.05, 0.1) is 31.9 Å². The minimum atomic E-state index is -3.58. The Kier molecular flexibility index (Phi) is 6.23. The van der Waals surface area contributed by atoms with Crippen molar-refractivity contribution in [2.45, 2.75) is 26.0 Å². The Bertz CT molecular complexity index is 1330. The maximum absolute atomic E-state index is 13.1. The average Bonchev–Trinajstić information content (AvgIpc) is 3.51. The quantitative estimate of drug-likeness (QED) is 0.361. The summed E-state index contributed by atoms with van der Waals surface area (Å²) in [6.07, 6.45) is 1.75. The van der Waals surface area contributed by atoms with Crippen molar-refractivity contribution in [1.29, 1.82) is 0 Å². The van der Waals surface area contributed by atoms with Gasteiger partial charge in [0, 0.05) is 13.3 Å². The van der Waals surface area contributed by atoms with Crippen LogP contribution in [0.2, 0.25) is 0 Å². The molecule has 4 rings (SSSR count). The number of ether oxygens (including phenoxy) is 2. The number of methoxy groups -OCH3 is 2. The smallest absolute Gasteiger partial charge is 0.204 e. The molecule has 0 aliphatic carbocycles. The van der Waals surface area contributed by atoms with Gasteiger partial charge in [0.2, 0.25) is 5.82 Å². The first-order valence-electron chi connectivity index (χ1n) is 10.2. The number of nitrogens with zero attached hydrogens (tertiary/aromatic N) is 4. The lowest BCUT2D eigenvalue weighted by molar-refractivity contribution is 0.390. The van der Waals surface area contributed by atoms with Crippen molar-refractivity contribution in [3.05, 3.63) is 59.8 Å². The van der Waals surface area contributed by atoms with Crippen LogP contribution in [0.5, 0.6) is 11.5 Å². The molecule has 174 valence electrons. The summed E-state index contributed by atoms with van der Waals surface area (Å²) in [4.78, 5) is 4.26. The van der Waals surface area contributed by atoms with Gasteiger partial charge in [0.25, 0.3) is 0 Å². The molecule has 0 bridgehead atoms. The standard InChI is InChI=1S/C22H24N4O6S/c1-14-16(23-15(2)32-14)10-12-33(27,28)13-20-24-25-22(19-9-6-11-31-19)26(20)21-17(29-3)7-5-8-18(21)30-4/h5-9,11H,10,12-13H2,1-4H3. The topological polar surface area (TPSA) is 122 Å². The maximum atomic E-state index is 13.1. The van der Waals surface area contributed by atoms with Gasteiger partial charge in [-0.3, -0.25) is 4.57 Å². The molecule has 0 saturated carbocycles. The zero-order valence-corrected chi connectivity index (χ0v) is 19.5. The van der Waals surface area contributed by atoms with Crippen LogP contribution in [-0.4, -0.2) is 48.1 Å². The molecule has 33 heavy (non-hydrogen) atoms. The largest absolute Gasteiger partial charge is 0.494 e. The Labute approximate surface area is 191 Å². The second-order valence-electron chi connectivity index (χ2n) is 7.34. The van der Waals surface area contributed by atoms with Crippen molar-refractivity contribution in [3.8, 4) is 28.8 Å². The predicted molar refractivity (Wildman–Crippen MR) is 119 cm³/mol. The van der Waals surface area contributed by atoms with Crippen LogP contribution in [0.25, 0.3) is 17.3 Å². The first kappa shape index (κ1) is 22.6. The molecule has 0 saturated heterocycles. The minimum absolute atomic E-state index is 0.119. The van der Waals surface area contributed by atoms with E-state index in [9.17, 15) is 8.42 Å². The molecule has 3 aromatic heterocycles. The highest BCUT2D eigenvalue weighted by atomic mass is 32.2. The van der Waals surface area contributed by atoms with E-state index in [1.165, 1.54) is 20.5 Å². The van der Waals surface area contributed by atoms with Gasteiger partial charge in [-0.15, -0.1) is 10.2 Å². The van der Waals surface area contributed by atoms with E-state index in [1.54, 1.807) is 48.7 Å². The van der Waals surface area contributed by atoms with E-state index in [1.807, 2.05) is 0 Å². The molecule has 0 spiro atoms. The molecule has 4 aromatic rings. The molecule has 0 aliphatic rings. The average molecular weight is 473 g/mol. The Morgan fingerprint density at radius 1 is 1.03 bits per heavy atom. The van der Waals surface area contributed by atoms with Crippen molar-refractivity contribution >= 4 is 9.84 Å². The Morgan fingerprint density at radius 2 is 1.76 bits per heavy atom. The molecule has 0 amide bonds. The summed E-state index contributed by atoms with van der Waals surface area (Å²) in [7, 11) is -0.539. The summed E-state index contributed by atoms with van der Waals surface area (Å²) in [6.45, 7) is 3.49. The summed E-state index contributed by atoms with van der Waals surface area (Å²) in [5, 5.41) is 8.41. The number of hydrogen-bond donors (Lipinski definition) is 0. The highest BCUT2D eigenvalue weighted by molar-refractivity contribution is 7.90. The van der Waals surface area contributed by atoms with E-state index in [2.05, 4.69) is 15.2 Å². The lowest BCUT2D eigenvalue weighted by Crippen LogP contribution is -2.16. The molecule has 0 atom stereocenters. The van der Waals surface area contributed by atoms with Crippen molar-refractivity contribution in [3.63, 3.8) is 0 Å². The SMILES string of the molecule is COc1cccc(OC)c1-n1c(CS(=O)(=O)CCc2nc(C)oc2C)nnc1-c1ccco1. The highest BCUT2D eigenvalue weighted by Crippen LogP contribution is 2.36. The van der Waals surface area contributed by atoms with E-state index in [4.69, 9.17) is 18.3 Å². The van der Waals surface area contributed by atoms with Crippen LogP contribution in [0.1, 0.15) is 23.2 Å². The van der Waals surface area contributed by atoms with Gasteiger partial charge in [-0.1, -0.05) is 6.07 Å². The molecular weight excluding hydrogens is 448 g/mol. The molecule has 10 nitrogen and oxygen atoms in total. The molecule has 0 unspecified atom stereocenters. The van der Waals surface area contributed by atoms with Crippen molar-refractivity contribution in [2.75, 3.05) is 20.0 Å². The van der Waals surface area contributed by atoms with Crippen LogP contribution >= 0.6 is 0 Å². The summed E-state index contributed by atoms with van der Waals surface area (Å²) >= 11 is 0.